The molecule has 0 saturated heterocycles. The molecule has 1 fully saturated rings. The van der Waals surface area contributed by atoms with E-state index >= 15 is 0 Å². The average molecular weight is 300 g/mol. The molecule has 1 aliphatic carbocycles. The van der Waals surface area contributed by atoms with Crippen molar-refractivity contribution in [2.75, 3.05) is 0 Å². The van der Waals surface area contributed by atoms with E-state index in [1.54, 1.807) is 6.07 Å². The molecule has 17 heavy (non-hydrogen) atoms. The fourth-order valence-electron chi connectivity index (χ4n) is 2.75. The van der Waals surface area contributed by atoms with Gasteiger partial charge in [0.05, 0.1) is 0 Å². The molecule has 0 spiro atoms. The van der Waals surface area contributed by atoms with E-state index in [0.29, 0.717) is 0 Å². The first-order chi connectivity index (χ1) is 7.89. The third-order valence-corrected chi connectivity index (χ3v) is 4.29. The van der Waals surface area contributed by atoms with Gasteiger partial charge in [-0.1, -0.05) is 29.8 Å². The van der Waals surface area contributed by atoms with Crippen LogP contribution in [0, 0.1) is 11.2 Å². The number of benzene rings is 1. The smallest absolute Gasteiger partial charge is 0.126 e. The molecule has 3 heteroatoms. The lowest BCUT2D eigenvalue weighted by Gasteiger charge is -2.39. The maximum absolute atomic E-state index is 13.9. The van der Waals surface area contributed by atoms with Gasteiger partial charge in [-0.3, -0.25) is 0 Å². The van der Waals surface area contributed by atoms with Gasteiger partial charge in [-0.15, -0.1) is 0 Å². The van der Waals surface area contributed by atoms with Gasteiger partial charge >= 0.3 is 0 Å². The summed E-state index contributed by atoms with van der Waals surface area (Å²) in [6.07, 6.45) is 3.06. The Balaban J connectivity index is 2.34. The number of halogens is 2. The highest BCUT2D eigenvalue weighted by Crippen LogP contribution is 2.43. The van der Waals surface area contributed by atoms with E-state index in [0.717, 1.165) is 29.3 Å². The molecule has 0 aliphatic heterocycles. The third-order valence-electron chi connectivity index (χ3n) is 3.80. The van der Waals surface area contributed by atoms with Crippen LogP contribution >= 0.6 is 15.9 Å². The largest absolute Gasteiger partial charge is 0.327 e. The van der Waals surface area contributed by atoms with Crippen molar-refractivity contribution in [3.05, 3.63) is 34.1 Å². The summed E-state index contributed by atoms with van der Waals surface area (Å²) in [6, 6.07) is 5.21. The summed E-state index contributed by atoms with van der Waals surface area (Å²) >= 11 is 3.40. The summed E-state index contributed by atoms with van der Waals surface area (Å²) in [6.45, 7) is 4.48. The summed E-state index contributed by atoms with van der Waals surface area (Å²) in [5.74, 6) is 0.00241. The van der Waals surface area contributed by atoms with Gasteiger partial charge in [-0.05, 0) is 48.4 Å². The zero-order chi connectivity index (χ0) is 12.6. The van der Waals surface area contributed by atoms with E-state index in [9.17, 15) is 4.39 Å². The van der Waals surface area contributed by atoms with Crippen LogP contribution in [0.4, 0.5) is 4.39 Å². The van der Waals surface area contributed by atoms with Crippen LogP contribution < -0.4 is 5.73 Å². The Bertz CT molecular complexity index is 417. The lowest BCUT2D eigenvalue weighted by molar-refractivity contribution is 0.196. The van der Waals surface area contributed by atoms with Gasteiger partial charge in [-0.25, -0.2) is 4.39 Å². The van der Waals surface area contributed by atoms with Crippen LogP contribution in [0.5, 0.6) is 0 Å². The van der Waals surface area contributed by atoms with Gasteiger partial charge in [0.1, 0.15) is 5.82 Å². The summed E-state index contributed by atoms with van der Waals surface area (Å²) in [5.41, 5.74) is 7.19. The lowest BCUT2D eigenvalue weighted by Crippen LogP contribution is -2.38. The van der Waals surface area contributed by atoms with Crippen LogP contribution in [0.15, 0.2) is 22.7 Å². The normalized spacial score (nSPS) is 28.1. The molecule has 0 radical (unpaired) electrons. The molecule has 2 atom stereocenters. The molecule has 1 nitrogen and oxygen atoms in total. The Labute approximate surface area is 111 Å². The zero-order valence-electron chi connectivity index (χ0n) is 10.3. The van der Waals surface area contributed by atoms with Crippen molar-refractivity contribution in [2.24, 2.45) is 11.1 Å². The van der Waals surface area contributed by atoms with Gasteiger partial charge in [0, 0.05) is 16.4 Å². The van der Waals surface area contributed by atoms with Crippen molar-refractivity contribution >= 4 is 15.9 Å². The third kappa shape index (κ3) is 2.89. The zero-order valence-corrected chi connectivity index (χ0v) is 11.9. The van der Waals surface area contributed by atoms with Crippen molar-refractivity contribution in [1.82, 2.24) is 0 Å². The molecule has 2 unspecified atom stereocenters. The Morgan fingerprint density at radius 3 is 2.82 bits per heavy atom. The monoisotopic (exact) mass is 299 g/mol. The van der Waals surface area contributed by atoms with Crippen LogP contribution in [0.2, 0.25) is 0 Å². The van der Waals surface area contributed by atoms with E-state index in [4.69, 9.17) is 5.73 Å². The number of rotatable bonds is 1. The highest BCUT2D eigenvalue weighted by molar-refractivity contribution is 9.10. The first kappa shape index (κ1) is 13.0. The molecule has 0 heterocycles. The second kappa shape index (κ2) is 4.69. The fourth-order valence-corrected chi connectivity index (χ4v) is 3.13. The standard InChI is InChI=1S/C14H19BrFN/c1-14(2)6-5-13(17)11(8-14)10-7-9(15)3-4-12(10)16/h3-4,7,11,13H,5-6,8,17H2,1-2H3. The minimum atomic E-state index is -0.133. The first-order valence-corrected chi connectivity index (χ1v) is 6.89. The Kier molecular flexibility index (Phi) is 3.60. The van der Waals surface area contributed by atoms with Crippen molar-refractivity contribution in [2.45, 2.75) is 45.1 Å². The van der Waals surface area contributed by atoms with E-state index in [1.165, 1.54) is 6.07 Å². The van der Waals surface area contributed by atoms with Crippen LogP contribution in [0.3, 0.4) is 0 Å². The average Bonchev–Trinajstić information content (AvgIpc) is 2.25. The molecule has 2 N–H and O–H groups in total. The van der Waals surface area contributed by atoms with Crippen LogP contribution in [-0.2, 0) is 0 Å². The molecule has 1 aliphatic rings. The predicted octanol–water partition coefficient (Wildman–Crippen LogP) is 4.21. The van der Waals surface area contributed by atoms with Crippen molar-refractivity contribution in [3.8, 4) is 0 Å². The van der Waals surface area contributed by atoms with Gasteiger partial charge in [0.25, 0.3) is 0 Å². The van der Waals surface area contributed by atoms with Crippen LogP contribution in [0.1, 0.15) is 44.6 Å². The van der Waals surface area contributed by atoms with E-state index < -0.39 is 0 Å². The van der Waals surface area contributed by atoms with E-state index in [1.807, 2.05) is 6.07 Å². The van der Waals surface area contributed by atoms with Gasteiger partial charge in [0.15, 0.2) is 0 Å². The van der Waals surface area contributed by atoms with Crippen molar-refractivity contribution in [3.63, 3.8) is 0 Å². The number of hydrogen-bond acceptors (Lipinski definition) is 1. The number of nitrogens with two attached hydrogens (primary N) is 1. The Morgan fingerprint density at radius 2 is 2.12 bits per heavy atom. The predicted molar refractivity (Wildman–Crippen MR) is 72.4 cm³/mol. The molecule has 1 saturated carbocycles. The molecule has 94 valence electrons. The summed E-state index contributed by atoms with van der Waals surface area (Å²) in [7, 11) is 0. The minimum absolute atomic E-state index is 0.0758. The maximum atomic E-state index is 13.9. The quantitative estimate of drug-likeness (QED) is 0.826. The second-order valence-electron chi connectivity index (χ2n) is 5.84. The Morgan fingerprint density at radius 1 is 1.41 bits per heavy atom. The minimum Gasteiger partial charge on any atom is -0.327 e. The van der Waals surface area contributed by atoms with Crippen molar-refractivity contribution in [1.29, 1.82) is 0 Å². The molecular weight excluding hydrogens is 281 g/mol. The highest BCUT2D eigenvalue weighted by atomic mass is 79.9. The van der Waals surface area contributed by atoms with Gasteiger partial charge in [0.2, 0.25) is 0 Å². The molecule has 0 bridgehead atoms. The summed E-state index contributed by atoms with van der Waals surface area (Å²) in [5, 5.41) is 0. The van der Waals surface area contributed by atoms with Crippen LogP contribution in [0.25, 0.3) is 0 Å². The van der Waals surface area contributed by atoms with Gasteiger partial charge < -0.3 is 5.73 Å². The topological polar surface area (TPSA) is 26.0 Å². The fraction of sp³-hybridized carbons (Fsp3) is 0.571. The van der Waals surface area contributed by atoms with Gasteiger partial charge in [-0.2, -0.15) is 0 Å². The summed E-state index contributed by atoms with van der Waals surface area (Å²) < 4.78 is 14.8. The molecular formula is C14H19BrFN. The Hall–Kier alpha value is -0.410. The summed E-state index contributed by atoms with van der Waals surface area (Å²) in [4.78, 5) is 0. The SMILES string of the molecule is CC1(C)CCC(N)C(c2cc(Br)ccc2F)C1. The van der Waals surface area contributed by atoms with Crippen LogP contribution in [-0.4, -0.2) is 6.04 Å². The molecule has 1 aromatic carbocycles. The highest BCUT2D eigenvalue weighted by Gasteiger charge is 2.35. The van der Waals surface area contributed by atoms with Crippen molar-refractivity contribution < 1.29 is 4.39 Å². The lowest BCUT2D eigenvalue weighted by atomic mass is 9.68. The maximum Gasteiger partial charge on any atom is 0.126 e. The molecule has 0 amide bonds. The molecule has 0 aromatic heterocycles. The number of hydrogen-bond donors (Lipinski definition) is 1. The molecule has 2 rings (SSSR count). The van der Waals surface area contributed by atoms with E-state index in [-0.39, 0.29) is 23.2 Å². The molecule has 1 aromatic rings. The van der Waals surface area contributed by atoms with E-state index in [2.05, 4.69) is 29.8 Å². The first-order valence-electron chi connectivity index (χ1n) is 6.09. The second-order valence-corrected chi connectivity index (χ2v) is 6.76.